The van der Waals surface area contributed by atoms with Crippen molar-refractivity contribution in [2.75, 3.05) is 6.61 Å². The number of carbonyl (C=O) groups is 1. The van der Waals surface area contributed by atoms with Gasteiger partial charge in [-0.2, -0.15) is 0 Å². The van der Waals surface area contributed by atoms with Crippen LogP contribution in [0.4, 0.5) is 0 Å². The summed E-state index contributed by atoms with van der Waals surface area (Å²) in [5.41, 5.74) is 1.40. The van der Waals surface area contributed by atoms with E-state index in [9.17, 15) is 4.79 Å². The van der Waals surface area contributed by atoms with Crippen molar-refractivity contribution in [1.82, 2.24) is 0 Å². The molecular formula is C9H20NO3+2. The molecule has 1 radical (unpaired) electrons. The van der Waals surface area contributed by atoms with Gasteiger partial charge in [0.2, 0.25) is 0 Å². The molecule has 13 heavy (non-hydrogen) atoms. The second-order valence-electron chi connectivity index (χ2n) is 3.24. The zero-order chi connectivity index (χ0) is 10.1. The lowest BCUT2D eigenvalue weighted by Gasteiger charge is -1.97. The highest BCUT2D eigenvalue weighted by Gasteiger charge is 2.21. The zero-order valence-electron chi connectivity index (χ0n) is 8.45. The molecule has 1 atom stereocenters. The maximum absolute atomic E-state index is 11.0. The van der Waals surface area contributed by atoms with Crippen molar-refractivity contribution >= 4 is 5.97 Å². The molecule has 0 aliphatic carbocycles. The molecule has 4 heteroatoms. The molecule has 3 N–H and O–H groups in total. The summed E-state index contributed by atoms with van der Waals surface area (Å²) in [6.07, 6.45) is 3.52. The van der Waals surface area contributed by atoms with E-state index in [0.29, 0.717) is 6.42 Å². The fourth-order valence-corrected chi connectivity index (χ4v) is 0.813. The second kappa shape index (κ2) is 8.01. The third-order valence-corrected chi connectivity index (χ3v) is 1.70. The van der Waals surface area contributed by atoms with Crippen LogP contribution in [0, 0.1) is 0 Å². The minimum Gasteiger partial charge on any atom is -0.390 e. The predicted molar refractivity (Wildman–Crippen MR) is 48.7 cm³/mol. The zero-order valence-corrected chi connectivity index (χ0v) is 8.45. The number of nitrogens with two attached hydrogens (primary N) is 1. The molecule has 0 aliphatic rings. The summed E-state index contributed by atoms with van der Waals surface area (Å²) in [7, 11) is 0. The van der Waals surface area contributed by atoms with Crippen LogP contribution < -0.4 is 5.48 Å². The van der Waals surface area contributed by atoms with Gasteiger partial charge in [-0.05, 0) is 13.3 Å². The van der Waals surface area contributed by atoms with Gasteiger partial charge in [0.05, 0.1) is 11.4 Å². The van der Waals surface area contributed by atoms with Crippen molar-refractivity contribution in [2.24, 2.45) is 0 Å². The van der Waals surface area contributed by atoms with Crippen molar-refractivity contribution < 1.29 is 20.2 Å². The Bertz CT molecular complexity index is 139. The minimum absolute atomic E-state index is 0.0161. The van der Waals surface area contributed by atoms with Crippen LogP contribution in [0.15, 0.2) is 0 Å². The molecule has 77 valence electrons. The third-order valence-electron chi connectivity index (χ3n) is 1.70. The topological polar surface area (TPSA) is 66.0 Å². The van der Waals surface area contributed by atoms with Crippen LogP contribution in [0.25, 0.3) is 0 Å². The third kappa shape index (κ3) is 7.74. The molecule has 0 aromatic rings. The molecule has 0 rings (SSSR count). The molecule has 0 saturated carbocycles. The van der Waals surface area contributed by atoms with Crippen molar-refractivity contribution in [3.05, 3.63) is 0 Å². The van der Waals surface area contributed by atoms with Crippen LogP contribution in [0.2, 0.25) is 0 Å². The van der Waals surface area contributed by atoms with Crippen LogP contribution in [-0.4, -0.2) is 23.7 Å². The smallest absolute Gasteiger partial charge is 0.390 e. The number of hydroxylamine groups is 1. The van der Waals surface area contributed by atoms with Crippen LogP contribution in [-0.2, 0) is 9.63 Å². The Kier molecular flexibility index (Phi) is 7.63. The maximum Gasteiger partial charge on any atom is 0.638 e. The van der Waals surface area contributed by atoms with Crippen molar-refractivity contribution in [3.8, 4) is 0 Å². The van der Waals surface area contributed by atoms with Crippen LogP contribution in [0.5, 0.6) is 0 Å². The Morgan fingerprint density at radius 2 is 2.23 bits per heavy atom. The quantitative estimate of drug-likeness (QED) is 0.336. The summed E-state index contributed by atoms with van der Waals surface area (Å²) in [4.78, 5) is 15.8. The molecule has 0 aliphatic heterocycles. The Hall–Kier alpha value is -0.610. The summed E-state index contributed by atoms with van der Waals surface area (Å²) < 4.78 is 0. The van der Waals surface area contributed by atoms with Crippen molar-refractivity contribution in [2.45, 2.75) is 45.6 Å². The van der Waals surface area contributed by atoms with Gasteiger partial charge in [-0.1, -0.05) is 30.1 Å². The van der Waals surface area contributed by atoms with E-state index in [1.807, 2.05) is 0 Å². The molecule has 0 aromatic heterocycles. The Morgan fingerprint density at radius 3 is 2.77 bits per heavy atom. The normalized spacial score (nSPS) is 12.5. The van der Waals surface area contributed by atoms with Gasteiger partial charge in [-0.25, -0.2) is 0 Å². The van der Waals surface area contributed by atoms with Crippen LogP contribution >= 0.6 is 0 Å². The lowest BCUT2D eigenvalue weighted by atomic mass is 10.2. The highest BCUT2D eigenvalue weighted by atomic mass is 16.7. The monoisotopic (exact) mass is 190 g/mol. The van der Waals surface area contributed by atoms with E-state index >= 15 is 0 Å². The minimum atomic E-state index is -0.200. The highest BCUT2D eigenvalue weighted by molar-refractivity contribution is 5.68. The van der Waals surface area contributed by atoms with Gasteiger partial charge >= 0.3 is 5.97 Å². The van der Waals surface area contributed by atoms with E-state index in [4.69, 9.17) is 9.94 Å². The molecule has 0 bridgehead atoms. The number of quaternary nitrogens is 1. The summed E-state index contributed by atoms with van der Waals surface area (Å²) in [5.74, 6) is -0.200. The maximum atomic E-state index is 11.0. The van der Waals surface area contributed by atoms with E-state index < -0.39 is 0 Å². The van der Waals surface area contributed by atoms with Gasteiger partial charge in [0.25, 0.3) is 0 Å². The standard InChI is InChI=1S/C9H19NO3/c1-3-4-5-6-9(12)13-10-8(2)7-11/h8,10-11H,3-7H2,1-2H3/q+1/p+1. The predicted octanol–water partition coefficient (Wildman–Crippen LogP) is -0.0309. The molecule has 0 heterocycles. The number of aliphatic hydroxyl groups is 1. The van der Waals surface area contributed by atoms with E-state index in [1.54, 1.807) is 6.92 Å². The number of hydrogen-bond donors (Lipinski definition) is 2. The summed E-state index contributed by atoms with van der Waals surface area (Å²) in [5, 5.41) is 8.64. The largest absolute Gasteiger partial charge is 0.638 e. The molecule has 1 unspecified atom stereocenters. The van der Waals surface area contributed by atoms with E-state index in [1.165, 1.54) is 5.48 Å². The van der Waals surface area contributed by atoms with Gasteiger partial charge in [0.1, 0.15) is 6.42 Å². The van der Waals surface area contributed by atoms with Crippen molar-refractivity contribution in [3.63, 3.8) is 0 Å². The molecule has 0 saturated heterocycles. The molecular weight excluding hydrogens is 170 g/mol. The number of rotatable bonds is 7. The molecule has 0 amide bonds. The van der Waals surface area contributed by atoms with Gasteiger partial charge in [-0.15, -0.1) is 0 Å². The fraction of sp³-hybridized carbons (Fsp3) is 0.889. The first-order valence-corrected chi connectivity index (χ1v) is 4.84. The van der Waals surface area contributed by atoms with Gasteiger partial charge in [-0.3, -0.25) is 0 Å². The van der Waals surface area contributed by atoms with Gasteiger partial charge < -0.3 is 5.11 Å². The van der Waals surface area contributed by atoms with Crippen molar-refractivity contribution in [1.29, 1.82) is 0 Å². The average Bonchev–Trinajstić information content (AvgIpc) is 2.14. The van der Waals surface area contributed by atoms with E-state index in [-0.39, 0.29) is 18.6 Å². The van der Waals surface area contributed by atoms with Gasteiger partial charge in [0, 0.05) is 0 Å². The molecule has 0 aromatic carbocycles. The summed E-state index contributed by atoms with van der Waals surface area (Å²) in [6, 6.07) is -0.0740. The van der Waals surface area contributed by atoms with Crippen LogP contribution in [0.3, 0.4) is 0 Å². The summed E-state index contributed by atoms with van der Waals surface area (Å²) in [6.45, 7) is 3.90. The molecule has 4 nitrogen and oxygen atoms in total. The first-order chi connectivity index (χ1) is 6.20. The Morgan fingerprint density at radius 1 is 1.54 bits per heavy atom. The average molecular weight is 190 g/mol. The van der Waals surface area contributed by atoms with Gasteiger partial charge in [0.15, 0.2) is 6.04 Å². The Balaban J connectivity index is 3.30. The number of carbonyl (C=O) groups excluding carboxylic acids is 1. The van der Waals surface area contributed by atoms with E-state index in [2.05, 4.69) is 6.92 Å². The van der Waals surface area contributed by atoms with Crippen LogP contribution in [0.1, 0.15) is 39.5 Å². The first-order valence-electron chi connectivity index (χ1n) is 4.84. The second-order valence-corrected chi connectivity index (χ2v) is 3.24. The number of hydrogen-bond acceptors (Lipinski definition) is 3. The fourth-order valence-electron chi connectivity index (χ4n) is 0.813. The first kappa shape index (κ1) is 12.4. The summed E-state index contributed by atoms with van der Waals surface area (Å²) >= 11 is 0. The number of unbranched alkanes of at least 4 members (excludes halogenated alkanes) is 2. The molecule has 0 fully saturated rings. The molecule has 0 spiro atoms. The lowest BCUT2D eigenvalue weighted by Crippen LogP contribution is -2.89. The highest BCUT2D eigenvalue weighted by Crippen LogP contribution is 1.98. The van der Waals surface area contributed by atoms with E-state index in [0.717, 1.165) is 19.3 Å². The SMILES string of the molecule is CCCCCC(=[O+])O[NH2+]C(C)CO. The number of aliphatic hydroxyl groups excluding tert-OH is 1. The Labute approximate surface area is 79.2 Å². The lowest BCUT2D eigenvalue weighted by molar-refractivity contribution is -0.894.